The van der Waals surface area contributed by atoms with Crippen molar-refractivity contribution < 1.29 is 23.5 Å². The summed E-state index contributed by atoms with van der Waals surface area (Å²) < 4.78 is 19.2. The molecule has 0 aromatic heterocycles. The van der Waals surface area contributed by atoms with E-state index < -0.39 is 23.3 Å². The molecular weight excluding hydrogens is 315 g/mol. The predicted octanol–water partition coefficient (Wildman–Crippen LogP) is 2.65. The summed E-state index contributed by atoms with van der Waals surface area (Å²) in [6, 6.07) is 0. The van der Waals surface area contributed by atoms with E-state index in [4.69, 9.17) is 43.9 Å². The Morgan fingerprint density at radius 3 is 2.06 bits per heavy atom. The predicted molar refractivity (Wildman–Crippen MR) is 65.7 cm³/mol. The van der Waals surface area contributed by atoms with E-state index >= 15 is 0 Å². The van der Waals surface area contributed by atoms with Crippen molar-refractivity contribution in [1.29, 1.82) is 0 Å². The Bertz CT molecular complexity index is 298. The lowest BCUT2D eigenvalue weighted by Gasteiger charge is -2.22. The zero-order valence-corrected chi connectivity index (χ0v) is 12.3. The van der Waals surface area contributed by atoms with E-state index in [0.29, 0.717) is 0 Å². The van der Waals surface area contributed by atoms with Gasteiger partial charge in [0.25, 0.3) is 0 Å². The van der Waals surface area contributed by atoms with Gasteiger partial charge in [0.05, 0.1) is 13.2 Å². The number of nitrogens with one attached hydrogen (secondary N) is 1. The second-order valence-corrected chi connectivity index (χ2v) is 7.01. The third-order valence-electron chi connectivity index (χ3n) is 1.42. The van der Waals surface area contributed by atoms with Crippen molar-refractivity contribution in [1.82, 2.24) is 5.32 Å². The number of aliphatic hydroxyl groups is 1. The van der Waals surface area contributed by atoms with Crippen LogP contribution in [0.2, 0.25) is 0 Å². The minimum absolute atomic E-state index is 0.00540. The van der Waals surface area contributed by atoms with Crippen LogP contribution in [0.5, 0.6) is 0 Å². The first kappa shape index (κ1) is 17.4. The van der Waals surface area contributed by atoms with Crippen LogP contribution >= 0.6 is 42.4 Å². The van der Waals surface area contributed by atoms with Gasteiger partial charge in [-0.1, -0.05) is 34.8 Å². The molecule has 10 heteroatoms. The fourth-order valence-corrected chi connectivity index (χ4v) is 2.21. The Balaban J connectivity index is 4.71. The minimum Gasteiger partial charge on any atom is -0.369 e. The normalized spacial score (nSPS) is 14.5. The average molecular weight is 329 g/mol. The molecule has 17 heavy (non-hydrogen) atoms. The van der Waals surface area contributed by atoms with E-state index in [2.05, 4.69) is 0 Å². The fourth-order valence-electron chi connectivity index (χ4n) is 0.772. The lowest BCUT2D eigenvalue weighted by molar-refractivity contribution is 0.145. The third kappa shape index (κ3) is 5.75. The second-order valence-electron chi connectivity index (χ2n) is 2.73. The highest BCUT2D eigenvalue weighted by Gasteiger charge is 2.40. The molecular formula is C7H13Cl3NO5P. The maximum Gasteiger partial charge on any atom is 0.418 e. The number of alkyl halides is 3. The first-order valence-electron chi connectivity index (χ1n) is 4.62. The van der Waals surface area contributed by atoms with E-state index in [0.717, 1.165) is 0 Å². The minimum atomic E-state index is -4.02. The number of hydrogen-bond acceptors (Lipinski definition) is 5. The molecule has 0 saturated heterocycles. The zero-order chi connectivity index (χ0) is 13.7. The van der Waals surface area contributed by atoms with Gasteiger partial charge in [-0.25, -0.2) is 4.57 Å². The maximum absolute atomic E-state index is 11.9. The molecule has 0 radical (unpaired) electrons. The van der Waals surface area contributed by atoms with Gasteiger partial charge < -0.3 is 19.5 Å². The molecule has 0 heterocycles. The van der Waals surface area contributed by atoms with Crippen LogP contribution in [-0.4, -0.2) is 34.0 Å². The van der Waals surface area contributed by atoms with Crippen LogP contribution in [-0.2, 0) is 13.6 Å². The molecule has 0 aliphatic rings. The Labute approximate surface area is 114 Å². The van der Waals surface area contributed by atoms with Crippen LogP contribution in [0.1, 0.15) is 13.8 Å². The molecule has 0 aromatic rings. The van der Waals surface area contributed by atoms with Crippen LogP contribution in [0, 0.1) is 0 Å². The summed E-state index contributed by atoms with van der Waals surface area (Å²) in [5, 5.41) is 11.1. The van der Waals surface area contributed by atoms with Crippen molar-refractivity contribution >= 4 is 48.0 Å². The summed E-state index contributed by atoms with van der Waals surface area (Å²) in [4.78, 5) is 11.5. The average Bonchev–Trinajstić information content (AvgIpc) is 2.16. The highest BCUT2D eigenvalue weighted by Crippen LogP contribution is 2.49. The van der Waals surface area contributed by atoms with Gasteiger partial charge in [0.1, 0.15) is 0 Å². The number of rotatable bonds is 6. The maximum atomic E-state index is 11.9. The lowest BCUT2D eigenvalue weighted by atomic mass is 10.6. The number of aliphatic hydroxyl groups excluding tert-OH is 1. The van der Waals surface area contributed by atoms with E-state index in [1.165, 1.54) is 13.8 Å². The second kappa shape index (κ2) is 7.14. The first-order chi connectivity index (χ1) is 7.67. The first-order valence-corrected chi connectivity index (χ1v) is 7.30. The Morgan fingerprint density at radius 1 is 1.35 bits per heavy atom. The van der Waals surface area contributed by atoms with Crippen LogP contribution in [0.15, 0.2) is 0 Å². The standard InChI is InChI=1S/C7H13Cl3NO5P/c1-3-15-17(14,16-4-2)6(13)11-5(12)7(8,9)10/h5,12H,3-4H2,1-2H3,(H,11,13)/t5-/m0/s1. The van der Waals surface area contributed by atoms with Crippen LogP contribution < -0.4 is 5.32 Å². The van der Waals surface area contributed by atoms with E-state index in [9.17, 15) is 14.5 Å². The summed E-state index contributed by atoms with van der Waals surface area (Å²) in [5.41, 5.74) is -1.17. The van der Waals surface area contributed by atoms with E-state index in [1.54, 1.807) is 0 Å². The van der Waals surface area contributed by atoms with Crippen molar-refractivity contribution in [2.45, 2.75) is 23.9 Å². The molecule has 0 aliphatic heterocycles. The Kier molecular flexibility index (Phi) is 7.33. The Hall–Kier alpha value is 0.450. The summed E-state index contributed by atoms with van der Waals surface area (Å²) in [5.74, 6) is 0. The summed E-state index contributed by atoms with van der Waals surface area (Å²) in [6.07, 6.45) is -1.82. The van der Waals surface area contributed by atoms with Gasteiger partial charge in [0.2, 0.25) is 3.79 Å². The topological polar surface area (TPSA) is 84.9 Å². The summed E-state index contributed by atoms with van der Waals surface area (Å²) >= 11 is 16.0. The van der Waals surface area contributed by atoms with E-state index in [1.807, 2.05) is 5.32 Å². The van der Waals surface area contributed by atoms with Crippen molar-refractivity contribution in [3.63, 3.8) is 0 Å². The molecule has 6 nitrogen and oxygen atoms in total. The van der Waals surface area contributed by atoms with Gasteiger partial charge in [0.15, 0.2) is 6.23 Å². The Morgan fingerprint density at radius 2 is 1.76 bits per heavy atom. The molecule has 1 amide bonds. The largest absolute Gasteiger partial charge is 0.418 e. The molecule has 0 saturated carbocycles. The molecule has 102 valence electrons. The zero-order valence-electron chi connectivity index (χ0n) is 9.15. The molecule has 1 atom stereocenters. The third-order valence-corrected chi connectivity index (χ3v) is 3.86. The van der Waals surface area contributed by atoms with Gasteiger partial charge in [-0.2, -0.15) is 0 Å². The molecule has 0 aliphatic carbocycles. The van der Waals surface area contributed by atoms with Crippen LogP contribution in [0.25, 0.3) is 0 Å². The SMILES string of the molecule is CCOP(=O)(OCC)C(=O)N[C@@H](O)C(Cl)(Cl)Cl. The van der Waals surface area contributed by atoms with Gasteiger partial charge in [0, 0.05) is 0 Å². The molecule has 0 rings (SSSR count). The molecule has 0 aromatic carbocycles. The van der Waals surface area contributed by atoms with Crippen molar-refractivity contribution in [3.8, 4) is 0 Å². The van der Waals surface area contributed by atoms with Crippen molar-refractivity contribution in [3.05, 3.63) is 0 Å². The summed E-state index contributed by atoms with van der Waals surface area (Å²) in [6.45, 7) is 3.05. The van der Waals surface area contributed by atoms with E-state index in [-0.39, 0.29) is 13.2 Å². The van der Waals surface area contributed by atoms with Crippen molar-refractivity contribution in [2.24, 2.45) is 0 Å². The van der Waals surface area contributed by atoms with Crippen LogP contribution in [0.3, 0.4) is 0 Å². The van der Waals surface area contributed by atoms with Crippen molar-refractivity contribution in [2.75, 3.05) is 13.2 Å². The summed E-state index contributed by atoms with van der Waals surface area (Å²) in [7, 11) is -4.02. The monoisotopic (exact) mass is 327 g/mol. The number of carbonyl (C=O) groups excluding carboxylic acids is 1. The molecule has 0 fully saturated rings. The van der Waals surface area contributed by atoms with Crippen LogP contribution in [0.4, 0.5) is 4.79 Å². The van der Waals surface area contributed by atoms with Gasteiger partial charge >= 0.3 is 13.2 Å². The lowest BCUT2D eigenvalue weighted by Crippen LogP contribution is -2.43. The van der Waals surface area contributed by atoms with Gasteiger partial charge in [-0.3, -0.25) is 4.79 Å². The van der Waals surface area contributed by atoms with Gasteiger partial charge in [-0.05, 0) is 13.8 Å². The molecule has 2 N–H and O–H groups in total. The highest BCUT2D eigenvalue weighted by molar-refractivity contribution is 7.71. The smallest absolute Gasteiger partial charge is 0.369 e. The quantitative estimate of drug-likeness (QED) is 0.445. The van der Waals surface area contributed by atoms with Gasteiger partial charge in [-0.15, -0.1) is 0 Å². The fraction of sp³-hybridized carbons (Fsp3) is 0.857. The number of carbonyl (C=O) groups is 1. The number of hydrogen-bond donors (Lipinski definition) is 2. The molecule has 0 unspecified atom stereocenters. The number of halogens is 3. The molecule has 0 spiro atoms. The molecule has 0 bridgehead atoms. The highest BCUT2D eigenvalue weighted by atomic mass is 35.6. The number of amides is 1.